The van der Waals surface area contributed by atoms with Gasteiger partial charge in [0.15, 0.2) is 0 Å². The summed E-state index contributed by atoms with van der Waals surface area (Å²) in [7, 11) is 1.40. The van der Waals surface area contributed by atoms with Crippen LogP contribution >= 0.6 is 11.6 Å². The number of nitrogens with zero attached hydrogens (tertiary/aromatic N) is 3. The molecular formula is C31H30ClFN4O5. The minimum atomic E-state index is -1.39. The molecule has 11 heteroatoms. The first-order valence-electron chi connectivity index (χ1n) is 13.6. The molecule has 3 aromatic rings. The number of carboxylic acid groups (broad SMARTS) is 1. The molecule has 0 unspecified atom stereocenters. The summed E-state index contributed by atoms with van der Waals surface area (Å²) in [5.41, 5.74) is -0.123. The SMILES string of the molecule is COc1cc(C(=O)O)ccc1N1CN2[C@@H](CC(C)(C)C)[C@@]3(C(=O)Nc4cccnc43)[C@@H](c3cccc(Cl)c3F)[C@@H]2C1=O. The zero-order chi connectivity index (χ0) is 30.1. The highest BCUT2D eigenvalue weighted by Crippen LogP contribution is 2.61. The van der Waals surface area contributed by atoms with E-state index in [2.05, 4.69) is 31.1 Å². The van der Waals surface area contributed by atoms with Gasteiger partial charge in [-0.2, -0.15) is 0 Å². The molecule has 42 heavy (non-hydrogen) atoms. The van der Waals surface area contributed by atoms with Gasteiger partial charge in [-0.15, -0.1) is 0 Å². The molecule has 0 bridgehead atoms. The summed E-state index contributed by atoms with van der Waals surface area (Å²) >= 11 is 6.29. The van der Waals surface area contributed by atoms with Crippen LogP contribution in [0.15, 0.2) is 54.7 Å². The number of halogens is 2. The molecule has 0 saturated carbocycles. The maximum absolute atomic E-state index is 16.0. The molecule has 0 aliphatic carbocycles. The van der Waals surface area contributed by atoms with Crippen LogP contribution < -0.4 is 15.0 Å². The van der Waals surface area contributed by atoms with Crippen molar-refractivity contribution in [2.45, 2.75) is 50.6 Å². The normalized spacial score (nSPS) is 25.1. The van der Waals surface area contributed by atoms with Crippen molar-refractivity contribution in [2.75, 3.05) is 24.0 Å². The molecule has 2 N–H and O–H groups in total. The molecule has 2 fully saturated rings. The van der Waals surface area contributed by atoms with Gasteiger partial charge in [0, 0.05) is 18.2 Å². The molecule has 218 valence electrons. The first-order chi connectivity index (χ1) is 19.9. The topological polar surface area (TPSA) is 112 Å². The van der Waals surface area contributed by atoms with Gasteiger partial charge in [0.1, 0.15) is 17.0 Å². The lowest BCUT2D eigenvalue weighted by atomic mass is 9.63. The third kappa shape index (κ3) is 3.99. The molecule has 4 heterocycles. The number of nitrogens with one attached hydrogen (secondary N) is 1. The summed E-state index contributed by atoms with van der Waals surface area (Å²) in [5.74, 6) is -3.29. The highest BCUT2D eigenvalue weighted by Gasteiger charge is 2.72. The number of hydrogen-bond acceptors (Lipinski definition) is 6. The molecule has 2 amide bonds. The summed E-state index contributed by atoms with van der Waals surface area (Å²) in [6.07, 6.45) is 2.09. The van der Waals surface area contributed by atoms with Crippen LogP contribution in [0.4, 0.5) is 15.8 Å². The number of amides is 2. The number of ether oxygens (including phenoxy) is 1. The highest BCUT2D eigenvalue weighted by atomic mass is 35.5. The summed E-state index contributed by atoms with van der Waals surface area (Å²) in [6.45, 7) is 6.23. The molecule has 1 spiro atoms. The largest absolute Gasteiger partial charge is 0.495 e. The van der Waals surface area contributed by atoms with Gasteiger partial charge in [0.05, 0.1) is 47.5 Å². The van der Waals surface area contributed by atoms with E-state index in [0.29, 0.717) is 23.5 Å². The smallest absolute Gasteiger partial charge is 0.335 e. The molecule has 2 aromatic carbocycles. The van der Waals surface area contributed by atoms with Gasteiger partial charge in [-0.3, -0.25) is 24.4 Å². The Morgan fingerprint density at radius 2 is 1.98 bits per heavy atom. The Morgan fingerprint density at radius 1 is 1.21 bits per heavy atom. The molecular weight excluding hydrogens is 563 g/mol. The van der Waals surface area contributed by atoms with Crippen molar-refractivity contribution in [3.63, 3.8) is 0 Å². The van der Waals surface area contributed by atoms with Gasteiger partial charge in [-0.05, 0) is 53.8 Å². The van der Waals surface area contributed by atoms with Gasteiger partial charge in [-0.25, -0.2) is 9.18 Å². The summed E-state index contributed by atoms with van der Waals surface area (Å²) in [4.78, 5) is 48.6. The number of carboxylic acids is 1. The van der Waals surface area contributed by atoms with Gasteiger partial charge in [0.25, 0.3) is 0 Å². The predicted octanol–water partition coefficient (Wildman–Crippen LogP) is 5.05. The van der Waals surface area contributed by atoms with Gasteiger partial charge in [0.2, 0.25) is 11.8 Å². The van der Waals surface area contributed by atoms with E-state index in [1.807, 2.05) is 4.90 Å². The van der Waals surface area contributed by atoms with E-state index in [-0.39, 0.29) is 45.8 Å². The van der Waals surface area contributed by atoms with Crippen LogP contribution in [0.2, 0.25) is 5.02 Å². The second-order valence-corrected chi connectivity index (χ2v) is 12.6. The second kappa shape index (κ2) is 9.78. The van der Waals surface area contributed by atoms with Crippen LogP contribution in [-0.2, 0) is 15.0 Å². The number of carbonyl (C=O) groups excluding carboxylic acids is 2. The van der Waals surface area contributed by atoms with Crippen LogP contribution in [0.1, 0.15) is 54.7 Å². The monoisotopic (exact) mass is 592 g/mol. The quantitative estimate of drug-likeness (QED) is 0.426. The molecule has 9 nitrogen and oxygen atoms in total. The number of hydrogen-bond donors (Lipinski definition) is 2. The number of fused-ring (bicyclic) bond motifs is 3. The van der Waals surface area contributed by atoms with Gasteiger partial charge in [-0.1, -0.05) is 44.5 Å². The lowest BCUT2D eigenvalue weighted by Crippen LogP contribution is -2.52. The first kappa shape index (κ1) is 28.1. The number of pyridine rings is 1. The Labute approximate surface area is 247 Å². The standard InChI is InChI=1S/C31H30ClFN4O5/c1-30(2,3)14-22-31(26-19(35-29(31)41)9-6-12-34-26)23(17-7-5-8-18(32)24(17)33)25-27(38)36(15-37(22)25)20-11-10-16(28(39)40)13-21(20)42-4/h5-13,22-23,25H,14-15H2,1-4H3,(H,35,41)(H,39,40)/t22-,23-,25+,31+/m0/s1. The Kier molecular flexibility index (Phi) is 6.54. The van der Waals surface area contributed by atoms with Gasteiger partial charge >= 0.3 is 5.97 Å². The number of aromatic carboxylic acids is 1. The molecule has 2 saturated heterocycles. The maximum Gasteiger partial charge on any atom is 0.335 e. The average Bonchev–Trinajstić information content (AvgIpc) is 3.52. The fourth-order valence-corrected chi connectivity index (χ4v) is 7.18. The summed E-state index contributed by atoms with van der Waals surface area (Å²) in [5, 5.41) is 12.4. The van der Waals surface area contributed by atoms with Crippen LogP contribution in [0.3, 0.4) is 0 Å². The molecule has 3 aliphatic rings. The number of carbonyl (C=O) groups is 3. The van der Waals surface area contributed by atoms with E-state index in [4.69, 9.17) is 16.3 Å². The third-order valence-corrected chi connectivity index (χ3v) is 8.87. The van der Waals surface area contributed by atoms with Crippen LogP contribution in [0, 0.1) is 11.2 Å². The van der Waals surface area contributed by atoms with Gasteiger partial charge < -0.3 is 15.2 Å². The number of aromatic nitrogens is 1. The second-order valence-electron chi connectivity index (χ2n) is 12.2. The summed E-state index contributed by atoms with van der Waals surface area (Å²) < 4.78 is 21.5. The number of rotatable bonds is 5. The average molecular weight is 593 g/mol. The van der Waals surface area contributed by atoms with Crippen molar-refractivity contribution in [2.24, 2.45) is 5.41 Å². The molecule has 6 rings (SSSR count). The van der Waals surface area contributed by atoms with E-state index < -0.39 is 35.2 Å². The van der Waals surface area contributed by atoms with E-state index in [9.17, 15) is 19.5 Å². The summed E-state index contributed by atoms with van der Waals surface area (Å²) in [6, 6.07) is 10.9. The fraction of sp³-hybridized carbons (Fsp3) is 0.355. The maximum atomic E-state index is 16.0. The van der Waals surface area contributed by atoms with E-state index in [1.165, 1.54) is 36.3 Å². The van der Waals surface area contributed by atoms with Crippen molar-refractivity contribution in [3.05, 3.63) is 82.4 Å². The third-order valence-electron chi connectivity index (χ3n) is 8.58. The number of methoxy groups -OCH3 is 1. The van der Waals surface area contributed by atoms with Crippen LogP contribution in [0.5, 0.6) is 5.75 Å². The zero-order valence-corrected chi connectivity index (χ0v) is 24.3. The van der Waals surface area contributed by atoms with E-state index in [1.54, 1.807) is 30.5 Å². The van der Waals surface area contributed by atoms with Crippen molar-refractivity contribution in [1.29, 1.82) is 0 Å². The molecule has 1 aromatic heterocycles. The van der Waals surface area contributed by atoms with E-state index in [0.717, 1.165) is 0 Å². The molecule has 0 radical (unpaired) electrons. The Bertz CT molecular complexity index is 1640. The minimum Gasteiger partial charge on any atom is -0.495 e. The number of anilines is 2. The highest BCUT2D eigenvalue weighted by molar-refractivity contribution is 6.30. The Morgan fingerprint density at radius 3 is 2.67 bits per heavy atom. The van der Waals surface area contributed by atoms with Crippen LogP contribution in [0.25, 0.3) is 0 Å². The predicted molar refractivity (Wildman–Crippen MR) is 154 cm³/mol. The molecule has 4 atom stereocenters. The van der Waals surface area contributed by atoms with Crippen molar-refractivity contribution in [1.82, 2.24) is 9.88 Å². The molecule has 3 aliphatic heterocycles. The fourth-order valence-electron chi connectivity index (χ4n) is 7.00. The van der Waals surface area contributed by atoms with Crippen molar-refractivity contribution in [3.8, 4) is 5.75 Å². The van der Waals surface area contributed by atoms with E-state index >= 15 is 4.39 Å². The minimum absolute atomic E-state index is 0.0106. The number of benzene rings is 2. The lowest BCUT2D eigenvalue weighted by Gasteiger charge is -2.39. The van der Waals surface area contributed by atoms with Crippen molar-refractivity contribution >= 4 is 40.8 Å². The van der Waals surface area contributed by atoms with Crippen LogP contribution in [-0.4, -0.2) is 58.6 Å². The first-order valence-corrected chi connectivity index (χ1v) is 14.0. The Hall–Kier alpha value is -4.02. The lowest BCUT2D eigenvalue weighted by molar-refractivity contribution is -0.122. The Balaban J connectivity index is 1.59. The zero-order valence-electron chi connectivity index (χ0n) is 23.5. The van der Waals surface area contributed by atoms with Crippen molar-refractivity contribution < 1.29 is 28.6 Å².